The lowest BCUT2D eigenvalue weighted by Gasteiger charge is -2.03. The molecule has 0 fully saturated rings. The Kier molecular flexibility index (Phi) is 2.76. The first-order valence-electron chi connectivity index (χ1n) is 5.91. The highest BCUT2D eigenvalue weighted by Crippen LogP contribution is 2.22. The highest BCUT2D eigenvalue weighted by atomic mass is 19.1. The van der Waals surface area contributed by atoms with Crippen LogP contribution in [0.5, 0.6) is 0 Å². The molecule has 0 atom stereocenters. The minimum Gasteiger partial charge on any atom is -0.384 e. The van der Waals surface area contributed by atoms with Crippen molar-refractivity contribution in [2.24, 2.45) is 0 Å². The number of hydrogen-bond donors (Lipinski definition) is 1. The number of nitrogens with zero attached hydrogens (tertiary/aromatic N) is 2. The van der Waals surface area contributed by atoms with Crippen LogP contribution in [0.2, 0.25) is 0 Å². The van der Waals surface area contributed by atoms with Crippen LogP contribution in [0.15, 0.2) is 60.7 Å². The van der Waals surface area contributed by atoms with Crippen LogP contribution >= 0.6 is 0 Å². The fraction of sp³-hybridized carbons (Fsp3) is 0. The first kappa shape index (κ1) is 11.5. The molecule has 0 aliphatic carbocycles. The Bertz CT molecular complexity index is 687. The monoisotopic (exact) mass is 253 g/mol. The number of benzene rings is 2. The molecule has 4 heteroatoms. The van der Waals surface area contributed by atoms with Crippen LogP contribution in [-0.4, -0.2) is 9.78 Å². The zero-order valence-electron chi connectivity index (χ0n) is 10.1. The lowest BCUT2D eigenvalue weighted by atomic mass is 10.2. The summed E-state index contributed by atoms with van der Waals surface area (Å²) in [5, 5.41) is 4.45. The zero-order chi connectivity index (χ0) is 13.2. The Hall–Kier alpha value is -2.62. The molecule has 94 valence electrons. The first-order valence-corrected chi connectivity index (χ1v) is 5.91. The van der Waals surface area contributed by atoms with E-state index < -0.39 is 0 Å². The molecule has 0 amide bonds. The van der Waals surface area contributed by atoms with Gasteiger partial charge in [-0.25, -0.2) is 9.07 Å². The lowest BCUT2D eigenvalue weighted by molar-refractivity contribution is 0.627. The minimum absolute atomic E-state index is 0.280. The second kappa shape index (κ2) is 4.57. The van der Waals surface area contributed by atoms with Gasteiger partial charge >= 0.3 is 0 Å². The van der Waals surface area contributed by atoms with Crippen molar-refractivity contribution >= 4 is 5.82 Å². The van der Waals surface area contributed by atoms with E-state index in [2.05, 4.69) is 5.10 Å². The van der Waals surface area contributed by atoms with E-state index in [1.54, 1.807) is 22.9 Å². The highest BCUT2D eigenvalue weighted by Gasteiger charge is 2.08. The molecule has 0 spiro atoms. The third-order valence-corrected chi connectivity index (χ3v) is 2.88. The molecule has 1 heterocycles. The Morgan fingerprint density at radius 3 is 2.32 bits per heavy atom. The van der Waals surface area contributed by atoms with Gasteiger partial charge in [-0.05, 0) is 24.3 Å². The third-order valence-electron chi connectivity index (χ3n) is 2.88. The van der Waals surface area contributed by atoms with Crippen molar-refractivity contribution in [3.8, 4) is 16.9 Å². The second-order valence-electron chi connectivity index (χ2n) is 4.21. The molecule has 2 aromatic carbocycles. The quantitative estimate of drug-likeness (QED) is 0.761. The summed E-state index contributed by atoms with van der Waals surface area (Å²) in [6, 6.07) is 17.7. The van der Waals surface area contributed by atoms with Crippen LogP contribution < -0.4 is 5.73 Å². The number of aromatic nitrogens is 2. The van der Waals surface area contributed by atoms with Gasteiger partial charge in [0.15, 0.2) is 0 Å². The van der Waals surface area contributed by atoms with Crippen molar-refractivity contribution in [3.05, 3.63) is 66.5 Å². The average molecular weight is 253 g/mol. The number of nitrogens with two attached hydrogens (primary N) is 1. The van der Waals surface area contributed by atoms with E-state index in [1.807, 2.05) is 30.3 Å². The van der Waals surface area contributed by atoms with Crippen molar-refractivity contribution in [2.45, 2.75) is 0 Å². The molecule has 0 saturated carbocycles. The van der Waals surface area contributed by atoms with Crippen LogP contribution in [0.4, 0.5) is 10.2 Å². The van der Waals surface area contributed by atoms with Gasteiger partial charge < -0.3 is 5.73 Å². The molecular weight excluding hydrogens is 241 g/mol. The van der Waals surface area contributed by atoms with Gasteiger partial charge in [0.2, 0.25) is 0 Å². The van der Waals surface area contributed by atoms with Gasteiger partial charge in [-0.3, -0.25) is 0 Å². The van der Waals surface area contributed by atoms with Crippen LogP contribution in [0.25, 0.3) is 16.9 Å². The van der Waals surface area contributed by atoms with E-state index in [0.29, 0.717) is 5.82 Å². The Morgan fingerprint density at radius 2 is 1.63 bits per heavy atom. The molecular formula is C15H12FN3. The van der Waals surface area contributed by atoms with E-state index in [4.69, 9.17) is 5.73 Å². The number of nitrogen functional groups attached to an aromatic ring is 1. The summed E-state index contributed by atoms with van der Waals surface area (Å²) < 4.78 is 14.5. The minimum atomic E-state index is -0.280. The molecule has 3 rings (SSSR count). The van der Waals surface area contributed by atoms with Gasteiger partial charge in [0, 0.05) is 11.6 Å². The molecule has 3 aromatic rings. The normalized spacial score (nSPS) is 10.6. The largest absolute Gasteiger partial charge is 0.384 e. The predicted octanol–water partition coefficient (Wildman–Crippen LogP) is 3.26. The molecule has 0 saturated heterocycles. The molecule has 0 aliphatic rings. The standard InChI is InChI=1S/C15H12FN3/c16-12-6-8-13(9-7-12)19-15(17)10-14(18-19)11-4-2-1-3-5-11/h1-10H,17H2. The Labute approximate surface area is 110 Å². The molecule has 0 bridgehead atoms. The lowest BCUT2D eigenvalue weighted by Crippen LogP contribution is -2.01. The average Bonchev–Trinajstić information content (AvgIpc) is 2.83. The summed E-state index contributed by atoms with van der Waals surface area (Å²) in [6.07, 6.45) is 0. The summed E-state index contributed by atoms with van der Waals surface area (Å²) in [6.45, 7) is 0. The maximum Gasteiger partial charge on any atom is 0.127 e. The maximum atomic E-state index is 12.9. The fourth-order valence-corrected chi connectivity index (χ4v) is 1.93. The van der Waals surface area contributed by atoms with Gasteiger partial charge in [0.25, 0.3) is 0 Å². The van der Waals surface area contributed by atoms with Gasteiger partial charge in [0.1, 0.15) is 11.6 Å². The third kappa shape index (κ3) is 2.20. The molecule has 0 aliphatic heterocycles. The van der Waals surface area contributed by atoms with Gasteiger partial charge in [-0.15, -0.1) is 0 Å². The van der Waals surface area contributed by atoms with Gasteiger partial charge in [0.05, 0.1) is 11.4 Å². The fourth-order valence-electron chi connectivity index (χ4n) is 1.93. The van der Waals surface area contributed by atoms with Gasteiger partial charge in [-0.1, -0.05) is 30.3 Å². The van der Waals surface area contributed by atoms with Crippen molar-refractivity contribution in [1.29, 1.82) is 0 Å². The van der Waals surface area contributed by atoms with Crippen LogP contribution in [0.3, 0.4) is 0 Å². The zero-order valence-corrected chi connectivity index (χ0v) is 10.1. The van der Waals surface area contributed by atoms with Crippen molar-refractivity contribution in [2.75, 3.05) is 5.73 Å². The summed E-state index contributed by atoms with van der Waals surface area (Å²) in [5.74, 6) is 0.239. The van der Waals surface area contributed by atoms with Crippen LogP contribution in [0, 0.1) is 5.82 Å². The number of anilines is 1. The summed E-state index contributed by atoms with van der Waals surface area (Å²) in [5.41, 5.74) is 8.48. The Balaban J connectivity index is 2.05. The smallest absolute Gasteiger partial charge is 0.127 e. The van der Waals surface area contributed by atoms with Crippen LogP contribution in [-0.2, 0) is 0 Å². The SMILES string of the molecule is Nc1cc(-c2ccccc2)nn1-c1ccc(F)cc1. The topological polar surface area (TPSA) is 43.8 Å². The first-order chi connectivity index (χ1) is 9.24. The number of hydrogen-bond acceptors (Lipinski definition) is 2. The van der Waals surface area contributed by atoms with Crippen molar-refractivity contribution in [1.82, 2.24) is 9.78 Å². The second-order valence-corrected chi connectivity index (χ2v) is 4.21. The number of halogens is 1. The van der Waals surface area contributed by atoms with E-state index in [0.717, 1.165) is 16.9 Å². The molecule has 2 N–H and O–H groups in total. The predicted molar refractivity (Wildman–Crippen MR) is 73.4 cm³/mol. The van der Waals surface area contributed by atoms with Crippen molar-refractivity contribution < 1.29 is 4.39 Å². The molecule has 1 aromatic heterocycles. The number of rotatable bonds is 2. The van der Waals surface area contributed by atoms with Gasteiger partial charge in [-0.2, -0.15) is 5.10 Å². The molecule has 19 heavy (non-hydrogen) atoms. The summed E-state index contributed by atoms with van der Waals surface area (Å²) in [4.78, 5) is 0. The summed E-state index contributed by atoms with van der Waals surface area (Å²) >= 11 is 0. The van der Waals surface area contributed by atoms with E-state index >= 15 is 0 Å². The highest BCUT2D eigenvalue weighted by molar-refractivity contribution is 5.63. The Morgan fingerprint density at radius 1 is 0.947 bits per heavy atom. The van der Waals surface area contributed by atoms with E-state index in [1.165, 1.54) is 12.1 Å². The van der Waals surface area contributed by atoms with Crippen LogP contribution in [0.1, 0.15) is 0 Å². The van der Waals surface area contributed by atoms with Crippen molar-refractivity contribution in [3.63, 3.8) is 0 Å². The molecule has 3 nitrogen and oxygen atoms in total. The maximum absolute atomic E-state index is 12.9. The molecule has 0 unspecified atom stereocenters. The van der Waals surface area contributed by atoms with E-state index in [9.17, 15) is 4.39 Å². The summed E-state index contributed by atoms with van der Waals surface area (Å²) in [7, 11) is 0. The van der Waals surface area contributed by atoms with E-state index in [-0.39, 0.29) is 5.82 Å². The molecule has 0 radical (unpaired) electrons.